The van der Waals surface area contributed by atoms with E-state index in [-0.39, 0.29) is 0 Å². The van der Waals surface area contributed by atoms with Gasteiger partial charge in [0.05, 0.1) is 0 Å². The number of rotatable bonds is 3. The lowest BCUT2D eigenvalue weighted by molar-refractivity contribution is 0.887. The molecule has 0 atom stereocenters. The van der Waals surface area contributed by atoms with Gasteiger partial charge in [0.15, 0.2) is 0 Å². The molecule has 1 N–H and O–H groups in total. The zero-order valence-electron chi connectivity index (χ0n) is 5.58. The molecule has 0 amide bonds. The zero-order chi connectivity index (χ0) is 6.81. The van der Waals surface area contributed by atoms with E-state index in [1.165, 1.54) is 24.4 Å². The summed E-state index contributed by atoms with van der Waals surface area (Å²) in [4.78, 5) is 4.01. The minimum Gasteiger partial charge on any atom is -0.360 e. The Morgan fingerprint density at radius 3 is 3.20 bits per heavy atom. The molecule has 0 radical (unpaired) electrons. The highest BCUT2D eigenvalue weighted by atomic mass is 32.1. The fraction of sp³-hybridized carbons (Fsp3) is 0.667. The van der Waals surface area contributed by atoms with Crippen LogP contribution in [0.5, 0.6) is 0 Å². The molecule has 1 aromatic heterocycles. The molecule has 0 aromatic carbocycles. The molecule has 0 spiro atoms. The molecule has 54 valence electrons. The van der Waals surface area contributed by atoms with Crippen molar-refractivity contribution in [3.8, 4) is 0 Å². The SMILES string of the molecule is c1nsc(NCC2CC2)n1. The molecule has 1 saturated carbocycles. The summed E-state index contributed by atoms with van der Waals surface area (Å²) in [7, 11) is 0. The van der Waals surface area contributed by atoms with Crippen molar-refractivity contribution in [1.29, 1.82) is 0 Å². The minimum atomic E-state index is 0.906. The van der Waals surface area contributed by atoms with Crippen LogP contribution in [-0.2, 0) is 0 Å². The van der Waals surface area contributed by atoms with E-state index in [1.54, 1.807) is 6.33 Å². The average Bonchev–Trinajstić information content (AvgIpc) is 2.63. The van der Waals surface area contributed by atoms with Gasteiger partial charge in [-0.2, -0.15) is 4.37 Å². The van der Waals surface area contributed by atoms with E-state index in [0.29, 0.717) is 0 Å². The van der Waals surface area contributed by atoms with E-state index in [9.17, 15) is 0 Å². The predicted octanol–water partition coefficient (Wildman–Crippen LogP) is 1.36. The summed E-state index contributed by atoms with van der Waals surface area (Å²) >= 11 is 1.42. The molecular formula is C6H9N3S. The van der Waals surface area contributed by atoms with Crippen molar-refractivity contribution >= 4 is 16.7 Å². The lowest BCUT2D eigenvalue weighted by Crippen LogP contribution is -2.01. The van der Waals surface area contributed by atoms with Gasteiger partial charge >= 0.3 is 0 Å². The smallest absolute Gasteiger partial charge is 0.202 e. The molecule has 10 heavy (non-hydrogen) atoms. The Kier molecular flexibility index (Phi) is 1.55. The van der Waals surface area contributed by atoms with Crippen LogP contribution in [0, 0.1) is 5.92 Å². The van der Waals surface area contributed by atoms with Crippen LogP contribution in [0.25, 0.3) is 0 Å². The molecule has 0 bridgehead atoms. The second-order valence-electron chi connectivity index (χ2n) is 2.57. The first-order valence-corrected chi connectivity index (χ1v) is 4.23. The predicted molar refractivity (Wildman–Crippen MR) is 41.1 cm³/mol. The van der Waals surface area contributed by atoms with Gasteiger partial charge in [0.2, 0.25) is 5.13 Å². The summed E-state index contributed by atoms with van der Waals surface area (Å²) in [5.74, 6) is 0.906. The third kappa shape index (κ3) is 1.44. The number of nitrogens with zero attached hydrogens (tertiary/aromatic N) is 2. The van der Waals surface area contributed by atoms with Gasteiger partial charge in [-0.05, 0) is 18.8 Å². The first kappa shape index (κ1) is 6.09. The normalized spacial score (nSPS) is 17.2. The van der Waals surface area contributed by atoms with Gasteiger partial charge in [-0.3, -0.25) is 0 Å². The minimum absolute atomic E-state index is 0.906. The molecule has 3 nitrogen and oxygen atoms in total. The third-order valence-electron chi connectivity index (χ3n) is 1.60. The molecule has 1 heterocycles. The van der Waals surface area contributed by atoms with E-state index < -0.39 is 0 Å². The van der Waals surface area contributed by atoms with Crippen molar-refractivity contribution in [1.82, 2.24) is 9.36 Å². The molecule has 1 aliphatic rings. The van der Waals surface area contributed by atoms with Crippen molar-refractivity contribution in [3.63, 3.8) is 0 Å². The standard InChI is InChI=1S/C6H9N3S/c1-2-5(1)3-7-6-8-4-9-10-6/h4-5H,1-3H2,(H,7,8,9). The van der Waals surface area contributed by atoms with Gasteiger partial charge in [0.25, 0.3) is 0 Å². The quantitative estimate of drug-likeness (QED) is 0.716. The Balaban J connectivity index is 1.79. The topological polar surface area (TPSA) is 37.8 Å². The van der Waals surface area contributed by atoms with Crippen LogP contribution < -0.4 is 5.32 Å². The van der Waals surface area contributed by atoms with Crippen molar-refractivity contribution in [2.24, 2.45) is 5.92 Å². The highest BCUT2D eigenvalue weighted by molar-refractivity contribution is 7.09. The Labute approximate surface area is 63.7 Å². The van der Waals surface area contributed by atoms with Crippen LogP contribution >= 0.6 is 11.5 Å². The van der Waals surface area contributed by atoms with Crippen LogP contribution in [0.4, 0.5) is 5.13 Å². The molecule has 0 unspecified atom stereocenters. The second kappa shape index (κ2) is 2.54. The fourth-order valence-corrected chi connectivity index (χ4v) is 1.24. The first-order valence-electron chi connectivity index (χ1n) is 3.46. The third-order valence-corrected chi connectivity index (χ3v) is 2.22. The summed E-state index contributed by atoms with van der Waals surface area (Å²) in [6.07, 6.45) is 4.34. The van der Waals surface area contributed by atoms with Gasteiger partial charge in [0, 0.05) is 18.1 Å². The van der Waals surface area contributed by atoms with Gasteiger partial charge in [0.1, 0.15) is 6.33 Å². The highest BCUT2D eigenvalue weighted by Crippen LogP contribution is 2.28. The van der Waals surface area contributed by atoms with E-state index in [2.05, 4.69) is 14.7 Å². The molecule has 0 aliphatic heterocycles. The maximum atomic E-state index is 4.01. The molecule has 0 saturated heterocycles. The van der Waals surface area contributed by atoms with Crippen LogP contribution in [0.1, 0.15) is 12.8 Å². The zero-order valence-corrected chi connectivity index (χ0v) is 6.40. The van der Waals surface area contributed by atoms with Gasteiger partial charge < -0.3 is 5.32 Å². The molecular weight excluding hydrogens is 146 g/mol. The van der Waals surface area contributed by atoms with Gasteiger partial charge in [-0.15, -0.1) is 0 Å². The lowest BCUT2D eigenvalue weighted by Gasteiger charge is -1.96. The maximum absolute atomic E-state index is 4.01. The molecule has 1 aliphatic carbocycles. The van der Waals surface area contributed by atoms with Crippen molar-refractivity contribution in [3.05, 3.63) is 6.33 Å². The van der Waals surface area contributed by atoms with Crippen LogP contribution in [0.2, 0.25) is 0 Å². The van der Waals surface area contributed by atoms with E-state index >= 15 is 0 Å². The summed E-state index contributed by atoms with van der Waals surface area (Å²) in [6, 6.07) is 0. The summed E-state index contributed by atoms with van der Waals surface area (Å²) in [5.41, 5.74) is 0. The number of hydrogen-bond donors (Lipinski definition) is 1. The first-order chi connectivity index (χ1) is 4.95. The molecule has 4 heteroatoms. The average molecular weight is 155 g/mol. The lowest BCUT2D eigenvalue weighted by atomic mass is 10.4. The number of hydrogen-bond acceptors (Lipinski definition) is 4. The number of nitrogens with one attached hydrogen (secondary N) is 1. The van der Waals surface area contributed by atoms with E-state index in [4.69, 9.17) is 0 Å². The Bertz CT molecular complexity index is 193. The van der Waals surface area contributed by atoms with E-state index in [1.807, 2.05) is 0 Å². The van der Waals surface area contributed by atoms with Gasteiger partial charge in [-0.1, -0.05) is 0 Å². The van der Waals surface area contributed by atoms with Crippen molar-refractivity contribution < 1.29 is 0 Å². The Hall–Kier alpha value is -0.640. The van der Waals surface area contributed by atoms with Crippen LogP contribution in [0.15, 0.2) is 6.33 Å². The van der Waals surface area contributed by atoms with Crippen molar-refractivity contribution in [2.75, 3.05) is 11.9 Å². The van der Waals surface area contributed by atoms with Crippen molar-refractivity contribution in [2.45, 2.75) is 12.8 Å². The largest absolute Gasteiger partial charge is 0.360 e. The number of anilines is 1. The van der Waals surface area contributed by atoms with Crippen LogP contribution in [0.3, 0.4) is 0 Å². The number of aromatic nitrogens is 2. The summed E-state index contributed by atoms with van der Waals surface area (Å²) < 4.78 is 3.89. The maximum Gasteiger partial charge on any atom is 0.202 e. The highest BCUT2D eigenvalue weighted by Gasteiger charge is 2.20. The summed E-state index contributed by atoms with van der Waals surface area (Å²) in [6.45, 7) is 1.08. The van der Waals surface area contributed by atoms with E-state index in [0.717, 1.165) is 17.6 Å². The van der Waals surface area contributed by atoms with Gasteiger partial charge in [-0.25, -0.2) is 4.98 Å². The summed E-state index contributed by atoms with van der Waals surface area (Å²) in [5, 5.41) is 4.18. The fourth-order valence-electron chi connectivity index (χ4n) is 0.805. The second-order valence-corrected chi connectivity index (χ2v) is 3.35. The molecule has 1 fully saturated rings. The Morgan fingerprint density at radius 2 is 2.60 bits per heavy atom. The molecule has 2 rings (SSSR count). The molecule has 1 aromatic rings. The van der Waals surface area contributed by atoms with Crippen LogP contribution in [-0.4, -0.2) is 15.9 Å². The monoisotopic (exact) mass is 155 g/mol. The Morgan fingerprint density at radius 1 is 1.70 bits per heavy atom.